The normalized spacial score (nSPS) is 11.3. The minimum absolute atomic E-state index is 0.255. The molecule has 28 heavy (non-hydrogen) atoms. The average molecular weight is 506 g/mol. The lowest BCUT2D eigenvalue weighted by Gasteiger charge is -2.22. The summed E-state index contributed by atoms with van der Waals surface area (Å²) in [6.07, 6.45) is 1.09. The Bertz CT molecular complexity index is 939. The van der Waals surface area contributed by atoms with E-state index < -0.39 is 10.0 Å². The van der Waals surface area contributed by atoms with Crippen LogP contribution in [0.15, 0.2) is 46.9 Å². The van der Waals surface area contributed by atoms with Crippen LogP contribution in [0.2, 0.25) is 5.02 Å². The summed E-state index contributed by atoms with van der Waals surface area (Å²) in [4.78, 5) is 12.3. The number of hydrogen-bond acceptors (Lipinski definition) is 4. The summed E-state index contributed by atoms with van der Waals surface area (Å²) in [6, 6.07) is 12.8. The number of nitrogens with zero attached hydrogens (tertiary/aromatic N) is 1. The molecular formula is C19H22BrClN2O3S2. The van der Waals surface area contributed by atoms with Crippen molar-refractivity contribution in [1.82, 2.24) is 5.32 Å². The lowest BCUT2D eigenvalue weighted by molar-refractivity contribution is -0.119. The van der Waals surface area contributed by atoms with Gasteiger partial charge in [-0.3, -0.25) is 9.10 Å². The Labute approximate surface area is 184 Å². The van der Waals surface area contributed by atoms with Gasteiger partial charge in [0.2, 0.25) is 15.9 Å². The lowest BCUT2D eigenvalue weighted by atomic mass is 10.2. The second-order valence-corrected chi connectivity index (χ2v) is 10.5. The summed E-state index contributed by atoms with van der Waals surface area (Å²) in [6.45, 7) is 2.06. The molecule has 0 heterocycles. The predicted molar refractivity (Wildman–Crippen MR) is 122 cm³/mol. The van der Waals surface area contributed by atoms with E-state index in [4.69, 9.17) is 11.6 Å². The molecule has 0 fully saturated rings. The van der Waals surface area contributed by atoms with Crippen LogP contribution in [-0.4, -0.2) is 39.4 Å². The molecule has 0 aliphatic heterocycles. The number of sulfonamides is 1. The highest BCUT2D eigenvalue weighted by Crippen LogP contribution is 2.24. The number of amides is 1. The van der Waals surface area contributed by atoms with E-state index in [0.717, 1.165) is 36.9 Å². The first-order valence-corrected chi connectivity index (χ1v) is 12.7. The van der Waals surface area contributed by atoms with Crippen molar-refractivity contribution in [3.05, 3.63) is 63.1 Å². The van der Waals surface area contributed by atoms with Crippen LogP contribution in [-0.2, 0) is 20.6 Å². The standard InChI is InChI=1S/C19H22BrClN2O3S2/c1-14-11-16(7-8-17(14)20)23(28(2,25)26)12-19(24)22-9-10-27-13-15-5-3-4-6-18(15)21/h3-8,11H,9-10,12-13H2,1-2H3,(H,22,24). The van der Waals surface area contributed by atoms with Gasteiger partial charge in [0.15, 0.2) is 0 Å². The molecule has 0 aliphatic carbocycles. The van der Waals surface area contributed by atoms with Crippen molar-refractivity contribution < 1.29 is 13.2 Å². The second-order valence-electron chi connectivity index (χ2n) is 6.20. The monoisotopic (exact) mass is 504 g/mol. The van der Waals surface area contributed by atoms with Crippen LogP contribution in [0.3, 0.4) is 0 Å². The van der Waals surface area contributed by atoms with E-state index in [1.165, 1.54) is 0 Å². The number of carbonyl (C=O) groups is 1. The maximum absolute atomic E-state index is 12.3. The maximum Gasteiger partial charge on any atom is 0.240 e. The van der Waals surface area contributed by atoms with Gasteiger partial charge < -0.3 is 5.32 Å². The molecule has 1 N–H and O–H groups in total. The molecule has 0 radical (unpaired) electrons. The van der Waals surface area contributed by atoms with Gasteiger partial charge in [-0.25, -0.2) is 8.42 Å². The fraction of sp³-hybridized carbons (Fsp3) is 0.316. The number of aryl methyl sites for hydroxylation is 1. The van der Waals surface area contributed by atoms with Gasteiger partial charge in [0.1, 0.15) is 6.54 Å². The molecule has 0 saturated carbocycles. The Morgan fingerprint density at radius 3 is 2.61 bits per heavy atom. The van der Waals surface area contributed by atoms with Crippen LogP contribution < -0.4 is 9.62 Å². The fourth-order valence-electron chi connectivity index (χ4n) is 2.43. The third kappa shape index (κ3) is 6.99. The summed E-state index contributed by atoms with van der Waals surface area (Å²) < 4.78 is 26.3. The summed E-state index contributed by atoms with van der Waals surface area (Å²) in [5.74, 6) is 1.11. The van der Waals surface area contributed by atoms with E-state index in [2.05, 4.69) is 21.2 Å². The Balaban J connectivity index is 1.86. The van der Waals surface area contributed by atoms with Crippen LogP contribution in [0.5, 0.6) is 0 Å². The number of benzene rings is 2. The minimum Gasteiger partial charge on any atom is -0.354 e. The van der Waals surface area contributed by atoms with Crippen molar-refractivity contribution in [2.24, 2.45) is 0 Å². The predicted octanol–water partition coefficient (Wildman–Crippen LogP) is 4.23. The molecule has 0 atom stereocenters. The van der Waals surface area contributed by atoms with Crippen molar-refractivity contribution in [3.63, 3.8) is 0 Å². The van der Waals surface area contributed by atoms with Crippen molar-refractivity contribution in [1.29, 1.82) is 0 Å². The number of rotatable bonds is 9. The second kappa shape index (κ2) is 10.5. The average Bonchev–Trinajstić information content (AvgIpc) is 2.62. The summed E-state index contributed by atoms with van der Waals surface area (Å²) in [5.41, 5.74) is 2.41. The summed E-state index contributed by atoms with van der Waals surface area (Å²) in [7, 11) is -3.58. The van der Waals surface area contributed by atoms with Gasteiger partial charge >= 0.3 is 0 Å². The molecule has 0 aromatic heterocycles. The third-order valence-corrected chi connectivity index (χ3v) is 7.31. The van der Waals surface area contributed by atoms with Crippen molar-refractivity contribution in [2.45, 2.75) is 12.7 Å². The van der Waals surface area contributed by atoms with Crippen molar-refractivity contribution in [2.75, 3.05) is 29.4 Å². The van der Waals surface area contributed by atoms with Crippen LogP contribution >= 0.6 is 39.3 Å². The quantitative estimate of drug-likeness (QED) is 0.518. The van der Waals surface area contributed by atoms with Crippen molar-refractivity contribution >= 4 is 60.9 Å². The highest BCUT2D eigenvalue weighted by molar-refractivity contribution is 9.10. The number of carbonyl (C=O) groups excluding carboxylic acids is 1. The highest BCUT2D eigenvalue weighted by Gasteiger charge is 2.21. The van der Waals surface area contributed by atoms with Gasteiger partial charge in [-0.2, -0.15) is 11.8 Å². The maximum atomic E-state index is 12.3. The zero-order valence-electron chi connectivity index (χ0n) is 15.6. The first-order valence-electron chi connectivity index (χ1n) is 8.50. The van der Waals surface area contributed by atoms with Gasteiger partial charge in [0.25, 0.3) is 0 Å². The summed E-state index contributed by atoms with van der Waals surface area (Å²) >= 11 is 11.2. The van der Waals surface area contributed by atoms with E-state index in [1.54, 1.807) is 30.0 Å². The molecule has 5 nitrogen and oxygen atoms in total. The zero-order chi connectivity index (χ0) is 20.7. The Kier molecular flexibility index (Phi) is 8.67. The molecule has 2 aromatic carbocycles. The Hall–Kier alpha value is -1.22. The molecule has 0 spiro atoms. The van der Waals surface area contributed by atoms with Gasteiger partial charge in [0, 0.05) is 27.5 Å². The van der Waals surface area contributed by atoms with E-state index in [1.807, 2.05) is 31.2 Å². The van der Waals surface area contributed by atoms with E-state index in [9.17, 15) is 13.2 Å². The molecule has 0 saturated heterocycles. The molecular weight excluding hydrogens is 484 g/mol. The highest BCUT2D eigenvalue weighted by atomic mass is 79.9. The minimum atomic E-state index is -3.58. The van der Waals surface area contributed by atoms with Crippen LogP contribution in [0, 0.1) is 6.92 Å². The molecule has 0 unspecified atom stereocenters. The molecule has 152 valence electrons. The smallest absolute Gasteiger partial charge is 0.240 e. The summed E-state index contributed by atoms with van der Waals surface area (Å²) in [5, 5.41) is 3.50. The molecule has 2 aromatic rings. The lowest BCUT2D eigenvalue weighted by Crippen LogP contribution is -2.41. The van der Waals surface area contributed by atoms with Gasteiger partial charge in [0.05, 0.1) is 11.9 Å². The van der Waals surface area contributed by atoms with Crippen LogP contribution in [0.25, 0.3) is 0 Å². The molecule has 0 bridgehead atoms. The first-order chi connectivity index (χ1) is 13.2. The largest absolute Gasteiger partial charge is 0.354 e. The SMILES string of the molecule is Cc1cc(N(CC(=O)NCCSCc2ccccc2Cl)S(C)(=O)=O)ccc1Br. The first kappa shape index (κ1) is 23.1. The van der Waals surface area contributed by atoms with Crippen LogP contribution in [0.4, 0.5) is 5.69 Å². The number of nitrogens with one attached hydrogen (secondary N) is 1. The number of anilines is 1. The third-order valence-electron chi connectivity index (χ3n) is 3.90. The number of halogens is 2. The molecule has 0 aliphatic rings. The van der Waals surface area contributed by atoms with Crippen LogP contribution in [0.1, 0.15) is 11.1 Å². The Morgan fingerprint density at radius 1 is 1.25 bits per heavy atom. The van der Waals surface area contributed by atoms with E-state index >= 15 is 0 Å². The molecule has 1 amide bonds. The molecule has 9 heteroatoms. The van der Waals surface area contributed by atoms with E-state index in [-0.39, 0.29) is 12.5 Å². The van der Waals surface area contributed by atoms with Gasteiger partial charge in [-0.15, -0.1) is 0 Å². The number of hydrogen-bond donors (Lipinski definition) is 1. The van der Waals surface area contributed by atoms with Crippen molar-refractivity contribution in [3.8, 4) is 0 Å². The molecule has 2 rings (SSSR count). The van der Waals surface area contributed by atoms with Gasteiger partial charge in [-0.05, 0) is 42.3 Å². The Morgan fingerprint density at radius 2 is 1.96 bits per heavy atom. The van der Waals surface area contributed by atoms with E-state index in [0.29, 0.717) is 18.0 Å². The topological polar surface area (TPSA) is 66.5 Å². The fourth-order valence-corrected chi connectivity index (χ4v) is 4.67. The number of thioether (sulfide) groups is 1. The van der Waals surface area contributed by atoms with Gasteiger partial charge in [-0.1, -0.05) is 45.7 Å². The zero-order valence-corrected chi connectivity index (χ0v) is 19.6.